The van der Waals surface area contributed by atoms with Crippen LogP contribution in [-0.4, -0.2) is 52.7 Å². The van der Waals surface area contributed by atoms with Crippen molar-refractivity contribution in [2.75, 3.05) is 26.7 Å². The summed E-state index contributed by atoms with van der Waals surface area (Å²) < 4.78 is 16.3. The van der Waals surface area contributed by atoms with Gasteiger partial charge >= 0.3 is 6.09 Å². The lowest BCUT2D eigenvalue weighted by molar-refractivity contribution is 0.0673. The Balaban J connectivity index is 1.68. The van der Waals surface area contributed by atoms with E-state index in [4.69, 9.17) is 0 Å². The summed E-state index contributed by atoms with van der Waals surface area (Å²) in [5.74, 6) is 0.301. The number of halogens is 1. The van der Waals surface area contributed by atoms with Gasteiger partial charge < -0.3 is 10.0 Å². The first-order valence-corrected chi connectivity index (χ1v) is 10.2. The van der Waals surface area contributed by atoms with Crippen molar-refractivity contribution >= 4 is 33.3 Å². The number of fused-ring (bicyclic) bond motifs is 1. The lowest BCUT2D eigenvalue weighted by atomic mass is 9.94. The van der Waals surface area contributed by atoms with E-state index >= 15 is 4.39 Å². The van der Waals surface area contributed by atoms with Crippen molar-refractivity contribution in [3.8, 4) is 0 Å². The molecule has 1 fully saturated rings. The normalized spacial score (nSPS) is 23.4. The highest BCUT2D eigenvalue weighted by Gasteiger charge is 2.38. The summed E-state index contributed by atoms with van der Waals surface area (Å²) in [4.78, 5) is 19.8. The van der Waals surface area contributed by atoms with Gasteiger partial charge in [-0.25, -0.2) is 14.2 Å². The third-order valence-corrected chi connectivity index (χ3v) is 6.79. The van der Waals surface area contributed by atoms with Gasteiger partial charge in [-0.1, -0.05) is 19.1 Å². The Bertz CT molecular complexity index is 902. The highest BCUT2D eigenvalue weighted by atomic mass is 32.1. The van der Waals surface area contributed by atoms with Crippen LogP contribution in [0.15, 0.2) is 24.3 Å². The second-order valence-corrected chi connectivity index (χ2v) is 8.82. The van der Waals surface area contributed by atoms with E-state index in [-0.39, 0.29) is 0 Å². The van der Waals surface area contributed by atoms with E-state index in [1.807, 2.05) is 38.2 Å². The van der Waals surface area contributed by atoms with Crippen LogP contribution in [-0.2, 0) is 5.67 Å². The molecule has 5 nitrogen and oxygen atoms in total. The molecule has 7 heteroatoms. The van der Waals surface area contributed by atoms with Crippen molar-refractivity contribution in [2.24, 2.45) is 5.92 Å². The molecule has 1 aromatic carbocycles. The van der Waals surface area contributed by atoms with Crippen molar-refractivity contribution in [3.63, 3.8) is 0 Å². The van der Waals surface area contributed by atoms with E-state index in [0.29, 0.717) is 36.0 Å². The Morgan fingerprint density at radius 3 is 2.81 bits per heavy atom. The first kappa shape index (κ1) is 18.4. The molecule has 0 bridgehead atoms. The minimum Gasteiger partial charge on any atom is -0.465 e. The Kier molecular flexibility index (Phi) is 4.68. The summed E-state index contributed by atoms with van der Waals surface area (Å²) in [7, 11) is 2.01. The predicted molar refractivity (Wildman–Crippen MR) is 106 cm³/mol. The monoisotopic (exact) mass is 389 g/mol. The smallest absolute Gasteiger partial charge is 0.411 e. The Morgan fingerprint density at radius 1 is 1.37 bits per heavy atom. The van der Waals surface area contributed by atoms with Crippen LogP contribution in [0.5, 0.6) is 0 Å². The molecule has 3 heterocycles. The zero-order valence-corrected chi connectivity index (χ0v) is 16.4. The van der Waals surface area contributed by atoms with E-state index in [1.165, 1.54) is 16.2 Å². The molecule has 0 aliphatic carbocycles. The molecule has 1 aromatic heterocycles. The standard InChI is InChI=1S/C20H24FN3O2S/c1-13-3-5-16(24(12-13)19(25)26)14-4-6-17-15(11-14)22-18(27-17)20(21)7-9-23(2)10-8-20/h4-6,11,13H,3,7-10,12H2,1-2H3,(H,25,26)/t13-/m0/s1. The van der Waals surface area contributed by atoms with Gasteiger partial charge in [-0.2, -0.15) is 0 Å². The van der Waals surface area contributed by atoms with Crippen molar-refractivity contribution < 1.29 is 14.3 Å². The number of piperidine rings is 1. The second-order valence-electron chi connectivity index (χ2n) is 7.79. The molecule has 0 spiro atoms. The fourth-order valence-electron chi connectivity index (χ4n) is 3.83. The molecule has 0 saturated carbocycles. The summed E-state index contributed by atoms with van der Waals surface area (Å²) in [5, 5.41) is 10.1. The number of alkyl halides is 1. The van der Waals surface area contributed by atoms with Gasteiger partial charge in [0.1, 0.15) is 5.01 Å². The van der Waals surface area contributed by atoms with Gasteiger partial charge in [0.05, 0.1) is 15.9 Å². The fraction of sp³-hybridized carbons (Fsp3) is 0.500. The zero-order chi connectivity index (χ0) is 19.2. The molecule has 1 amide bonds. The molecular weight excluding hydrogens is 365 g/mol. The van der Waals surface area contributed by atoms with Crippen LogP contribution < -0.4 is 0 Å². The molecule has 2 aromatic rings. The van der Waals surface area contributed by atoms with Crippen LogP contribution in [0.25, 0.3) is 15.9 Å². The van der Waals surface area contributed by atoms with Crippen LogP contribution in [0.2, 0.25) is 0 Å². The molecule has 144 valence electrons. The van der Waals surface area contributed by atoms with Crippen molar-refractivity contribution in [2.45, 2.75) is 31.9 Å². The maximum absolute atomic E-state index is 15.4. The minimum absolute atomic E-state index is 0.301. The van der Waals surface area contributed by atoms with Crippen molar-refractivity contribution in [1.29, 1.82) is 0 Å². The number of likely N-dealkylation sites (tertiary alicyclic amines) is 1. The maximum Gasteiger partial charge on any atom is 0.411 e. The molecular formula is C20H24FN3O2S. The van der Waals surface area contributed by atoms with Crippen LogP contribution in [0, 0.1) is 5.92 Å². The minimum atomic E-state index is -1.36. The lowest BCUT2D eigenvalue weighted by Crippen LogP contribution is -2.37. The fourth-order valence-corrected chi connectivity index (χ4v) is 4.91. The largest absolute Gasteiger partial charge is 0.465 e. The predicted octanol–water partition coefficient (Wildman–Crippen LogP) is 4.55. The van der Waals surface area contributed by atoms with Gasteiger partial charge in [-0.15, -0.1) is 11.3 Å². The second kappa shape index (κ2) is 6.87. The van der Waals surface area contributed by atoms with Gasteiger partial charge in [-0.3, -0.25) is 4.90 Å². The number of benzene rings is 1. The number of amides is 1. The third-order valence-electron chi connectivity index (χ3n) is 5.58. The van der Waals surface area contributed by atoms with Crippen LogP contribution >= 0.6 is 11.3 Å². The Labute approximate surface area is 162 Å². The molecule has 1 N–H and O–H groups in total. The van der Waals surface area contributed by atoms with Gasteiger partial charge in [-0.05, 0) is 31.5 Å². The van der Waals surface area contributed by atoms with Crippen LogP contribution in [0.1, 0.15) is 36.8 Å². The highest BCUT2D eigenvalue weighted by Crippen LogP contribution is 2.41. The zero-order valence-electron chi connectivity index (χ0n) is 15.6. The number of aromatic nitrogens is 1. The summed E-state index contributed by atoms with van der Waals surface area (Å²) in [6.45, 7) is 4.00. The first-order chi connectivity index (χ1) is 12.9. The molecule has 4 rings (SSSR count). The van der Waals surface area contributed by atoms with Crippen LogP contribution in [0.4, 0.5) is 9.18 Å². The number of rotatable bonds is 2. The quantitative estimate of drug-likeness (QED) is 0.819. The van der Waals surface area contributed by atoms with E-state index < -0.39 is 11.8 Å². The summed E-state index contributed by atoms with van der Waals surface area (Å²) >= 11 is 1.41. The lowest BCUT2D eigenvalue weighted by Gasteiger charge is -2.32. The van der Waals surface area contributed by atoms with Crippen molar-refractivity contribution in [1.82, 2.24) is 14.8 Å². The number of nitrogens with zero attached hydrogens (tertiary/aromatic N) is 3. The molecule has 27 heavy (non-hydrogen) atoms. The summed E-state index contributed by atoms with van der Waals surface area (Å²) in [6, 6.07) is 5.75. The summed E-state index contributed by atoms with van der Waals surface area (Å²) in [6.07, 6.45) is 2.81. The van der Waals surface area contributed by atoms with Gasteiger partial charge in [0, 0.05) is 38.0 Å². The molecule has 1 saturated heterocycles. The Morgan fingerprint density at radius 2 is 2.11 bits per heavy atom. The number of carbonyl (C=O) groups is 1. The number of allylic oxidation sites excluding steroid dienone is 1. The SMILES string of the molecule is C[C@H]1CC=C(c2ccc3sc(C4(F)CCN(C)CC4)nc3c2)N(C(=O)O)C1. The van der Waals surface area contributed by atoms with Gasteiger partial charge in [0.15, 0.2) is 5.67 Å². The number of hydrogen-bond acceptors (Lipinski definition) is 4. The first-order valence-electron chi connectivity index (χ1n) is 9.35. The average molecular weight is 389 g/mol. The van der Waals surface area contributed by atoms with E-state index in [1.54, 1.807) is 0 Å². The molecule has 0 radical (unpaired) electrons. The molecule has 2 aliphatic heterocycles. The third kappa shape index (κ3) is 3.46. The van der Waals surface area contributed by atoms with E-state index in [2.05, 4.69) is 9.88 Å². The number of hydrogen-bond donors (Lipinski definition) is 1. The van der Waals surface area contributed by atoms with Gasteiger partial charge in [0.25, 0.3) is 0 Å². The van der Waals surface area contributed by atoms with Gasteiger partial charge in [0.2, 0.25) is 0 Å². The average Bonchev–Trinajstić information content (AvgIpc) is 3.08. The molecule has 1 atom stereocenters. The number of thiazole rings is 1. The Hall–Kier alpha value is -1.99. The highest BCUT2D eigenvalue weighted by molar-refractivity contribution is 7.18. The molecule has 0 unspecified atom stereocenters. The maximum atomic E-state index is 15.4. The van der Waals surface area contributed by atoms with Crippen molar-refractivity contribution in [3.05, 3.63) is 34.8 Å². The topological polar surface area (TPSA) is 56.7 Å². The molecule has 2 aliphatic rings. The van der Waals surface area contributed by atoms with E-state index in [9.17, 15) is 9.90 Å². The van der Waals surface area contributed by atoms with E-state index in [0.717, 1.165) is 35.3 Å². The van der Waals surface area contributed by atoms with Crippen LogP contribution in [0.3, 0.4) is 0 Å². The summed E-state index contributed by atoms with van der Waals surface area (Å²) in [5.41, 5.74) is 0.910. The number of carboxylic acid groups (broad SMARTS) is 1.